The third kappa shape index (κ3) is 5.29. The van der Waals surface area contributed by atoms with Crippen LogP contribution in [-0.2, 0) is 6.42 Å². The van der Waals surface area contributed by atoms with Gasteiger partial charge in [0.15, 0.2) is 0 Å². The fourth-order valence-electron chi connectivity index (χ4n) is 9.24. The van der Waals surface area contributed by atoms with Gasteiger partial charge < -0.3 is 0 Å². The van der Waals surface area contributed by atoms with Crippen molar-refractivity contribution < 1.29 is 0 Å². The molecule has 0 amide bonds. The molecule has 0 bridgehead atoms. The van der Waals surface area contributed by atoms with Crippen molar-refractivity contribution in [1.29, 1.82) is 0 Å². The molecule has 1 heterocycles. The molecule has 0 aliphatic heterocycles. The molecule has 10 aromatic carbocycles. The summed E-state index contributed by atoms with van der Waals surface area (Å²) in [4.78, 5) is 5.06. The minimum Gasteiger partial charge on any atom is -0.296 e. The lowest BCUT2D eigenvalue weighted by Gasteiger charge is -2.21. The Labute approximate surface area is 331 Å². The summed E-state index contributed by atoms with van der Waals surface area (Å²) in [6.07, 6.45) is 0.840. The first-order chi connectivity index (χ1) is 28.3. The van der Waals surface area contributed by atoms with Gasteiger partial charge in [-0.3, -0.25) is 4.57 Å². The number of imidazole rings is 1. The van der Waals surface area contributed by atoms with Gasteiger partial charge in [0.2, 0.25) is 0 Å². The maximum atomic E-state index is 5.06. The SMILES string of the molecule is CCc1nc2ccccc2n1-c1ccc(-c2c3ccccc3c(-c3cccc4c(-c5ccccc5)cccc34)c3cc(-c4ccccc4)ccc23)c2ccccc12. The third-order valence-electron chi connectivity index (χ3n) is 11.8. The monoisotopic (exact) mass is 726 g/mol. The summed E-state index contributed by atoms with van der Waals surface area (Å²) in [5, 5.41) is 9.88. The van der Waals surface area contributed by atoms with Crippen LogP contribution in [0.5, 0.6) is 0 Å². The Morgan fingerprint density at radius 1 is 0.368 bits per heavy atom. The van der Waals surface area contributed by atoms with Crippen LogP contribution >= 0.6 is 0 Å². The normalized spacial score (nSPS) is 11.7. The molecule has 11 aromatic rings. The minimum atomic E-state index is 0.840. The van der Waals surface area contributed by atoms with E-state index in [0.29, 0.717) is 0 Å². The van der Waals surface area contributed by atoms with Gasteiger partial charge in [-0.15, -0.1) is 0 Å². The lowest BCUT2D eigenvalue weighted by Crippen LogP contribution is -2.01. The number of hydrogen-bond donors (Lipinski definition) is 0. The zero-order valence-electron chi connectivity index (χ0n) is 31.7. The van der Waals surface area contributed by atoms with E-state index < -0.39 is 0 Å². The first-order valence-corrected chi connectivity index (χ1v) is 19.9. The van der Waals surface area contributed by atoms with Gasteiger partial charge in [0.05, 0.1) is 16.7 Å². The van der Waals surface area contributed by atoms with Crippen molar-refractivity contribution in [3.05, 3.63) is 206 Å². The van der Waals surface area contributed by atoms with Crippen LogP contribution in [0, 0.1) is 0 Å². The number of hydrogen-bond acceptors (Lipinski definition) is 1. The molecular formula is C55H38N2. The van der Waals surface area contributed by atoms with Gasteiger partial charge >= 0.3 is 0 Å². The molecule has 0 saturated heterocycles. The van der Waals surface area contributed by atoms with Crippen LogP contribution in [0.2, 0.25) is 0 Å². The average Bonchev–Trinajstić information content (AvgIpc) is 3.66. The maximum Gasteiger partial charge on any atom is 0.114 e. The molecule has 2 heteroatoms. The van der Waals surface area contributed by atoms with Crippen molar-refractivity contribution in [1.82, 2.24) is 9.55 Å². The van der Waals surface area contributed by atoms with Crippen LogP contribution in [0.25, 0.3) is 104 Å². The standard InChI is InChI=1S/C55H38N2/c1-2-53-56-50-29-13-14-30-52(50)57(53)51-34-33-47(42-21-9-10-22-43(42)51)54-45-23-11-12-24-46(45)55(49-35-38(31-32-48(49)54)36-17-5-3-6-18-36)44-28-16-26-40-39(25-15-27-41(40)44)37-19-7-4-8-20-37/h3-35H,2H2,1H3. The molecule has 268 valence electrons. The second kappa shape index (κ2) is 13.5. The highest BCUT2D eigenvalue weighted by molar-refractivity contribution is 6.26. The van der Waals surface area contributed by atoms with Gasteiger partial charge in [-0.2, -0.15) is 0 Å². The third-order valence-corrected chi connectivity index (χ3v) is 11.8. The highest BCUT2D eigenvalue weighted by atomic mass is 15.1. The molecule has 0 N–H and O–H groups in total. The molecule has 0 unspecified atom stereocenters. The van der Waals surface area contributed by atoms with Crippen LogP contribution in [0.4, 0.5) is 0 Å². The number of fused-ring (bicyclic) bond motifs is 5. The fraction of sp³-hybridized carbons (Fsp3) is 0.0364. The molecule has 0 spiro atoms. The fourth-order valence-corrected chi connectivity index (χ4v) is 9.24. The van der Waals surface area contributed by atoms with Gasteiger partial charge in [0.25, 0.3) is 0 Å². The number of rotatable bonds is 6. The Bertz CT molecular complexity index is 3320. The topological polar surface area (TPSA) is 17.8 Å². The molecular weight excluding hydrogens is 689 g/mol. The summed E-state index contributed by atoms with van der Waals surface area (Å²) in [6.45, 7) is 2.19. The van der Waals surface area contributed by atoms with E-state index in [4.69, 9.17) is 4.98 Å². The van der Waals surface area contributed by atoms with Crippen LogP contribution in [-0.4, -0.2) is 9.55 Å². The number of aromatic nitrogens is 2. The molecule has 0 radical (unpaired) electrons. The van der Waals surface area contributed by atoms with E-state index in [1.54, 1.807) is 0 Å². The predicted molar refractivity (Wildman–Crippen MR) is 242 cm³/mol. The van der Waals surface area contributed by atoms with E-state index in [2.05, 4.69) is 212 Å². The van der Waals surface area contributed by atoms with Crippen molar-refractivity contribution in [3.8, 4) is 50.2 Å². The summed E-state index contributed by atoms with van der Waals surface area (Å²) in [5.74, 6) is 1.06. The molecule has 0 atom stereocenters. The molecule has 0 aliphatic carbocycles. The summed E-state index contributed by atoms with van der Waals surface area (Å²) < 4.78 is 2.36. The Morgan fingerprint density at radius 3 is 1.63 bits per heavy atom. The van der Waals surface area contributed by atoms with Crippen molar-refractivity contribution in [2.45, 2.75) is 13.3 Å². The Kier molecular flexibility index (Phi) is 7.82. The van der Waals surface area contributed by atoms with Crippen molar-refractivity contribution in [2.24, 2.45) is 0 Å². The number of benzene rings is 10. The van der Waals surface area contributed by atoms with Crippen LogP contribution in [0.3, 0.4) is 0 Å². The minimum absolute atomic E-state index is 0.840. The second-order valence-electron chi connectivity index (χ2n) is 14.9. The highest BCUT2D eigenvalue weighted by Gasteiger charge is 2.22. The molecule has 57 heavy (non-hydrogen) atoms. The van der Waals surface area contributed by atoms with E-state index in [-0.39, 0.29) is 0 Å². The molecule has 2 nitrogen and oxygen atoms in total. The first kappa shape index (κ1) is 33.1. The smallest absolute Gasteiger partial charge is 0.114 e. The molecule has 11 rings (SSSR count). The van der Waals surface area contributed by atoms with Crippen molar-refractivity contribution in [3.63, 3.8) is 0 Å². The largest absolute Gasteiger partial charge is 0.296 e. The van der Waals surface area contributed by atoms with Gasteiger partial charge in [0, 0.05) is 11.8 Å². The predicted octanol–water partition coefficient (Wildman–Crippen LogP) is 14.9. The van der Waals surface area contributed by atoms with E-state index in [1.807, 2.05) is 0 Å². The Morgan fingerprint density at radius 2 is 0.895 bits per heavy atom. The zero-order chi connectivity index (χ0) is 37.9. The van der Waals surface area contributed by atoms with E-state index in [1.165, 1.54) is 87.6 Å². The Hall–Kier alpha value is -7.29. The van der Waals surface area contributed by atoms with E-state index in [9.17, 15) is 0 Å². The summed E-state index contributed by atoms with van der Waals surface area (Å²) >= 11 is 0. The second-order valence-corrected chi connectivity index (χ2v) is 14.9. The lowest BCUT2D eigenvalue weighted by molar-refractivity contribution is 0.913. The van der Waals surface area contributed by atoms with Gasteiger partial charge in [-0.25, -0.2) is 4.98 Å². The van der Waals surface area contributed by atoms with E-state index in [0.717, 1.165) is 29.0 Å². The number of aryl methyl sites for hydroxylation is 1. The van der Waals surface area contributed by atoms with Gasteiger partial charge in [-0.05, 0) is 106 Å². The van der Waals surface area contributed by atoms with Crippen LogP contribution in [0.15, 0.2) is 200 Å². The quantitative estimate of drug-likeness (QED) is 0.156. The molecule has 1 aromatic heterocycles. The molecule has 0 aliphatic rings. The Balaban J connectivity index is 1.24. The summed E-state index contributed by atoms with van der Waals surface area (Å²) in [5.41, 5.74) is 13.2. The van der Waals surface area contributed by atoms with Crippen molar-refractivity contribution in [2.75, 3.05) is 0 Å². The van der Waals surface area contributed by atoms with Crippen molar-refractivity contribution >= 4 is 54.1 Å². The first-order valence-electron chi connectivity index (χ1n) is 19.9. The molecule has 0 fully saturated rings. The maximum absolute atomic E-state index is 5.06. The summed E-state index contributed by atoms with van der Waals surface area (Å²) in [6, 6.07) is 73.3. The van der Waals surface area contributed by atoms with Crippen LogP contribution in [0.1, 0.15) is 12.7 Å². The average molecular weight is 727 g/mol. The van der Waals surface area contributed by atoms with Crippen LogP contribution < -0.4 is 0 Å². The van der Waals surface area contributed by atoms with Gasteiger partial charge in [-0.1, -0.05) is 183 Å². The molecule has 0 saturated carbocycles. The zero-order valence-corrected chi connectivity index (χ0v) is 31.7. The summed E-state index contributed by atoms with van der Waals surface area (Å²) in [7, 11) is 0. The number of para-hydroxylation sites is 2. The highest BCUT2D eigenvalue weighted by Crippen LogP contribution is 2.48. The van der Waals surface area contributed by atoms with Gasteiger partial charge in [0.1, 0.15) is 5.82 Å². The van der Waals surface area contributed by atoms with E-state index >= 15 is 0 Å². The number of nitrogens with zero attached hydrogens (tertiary/aromatic N) is 2. The lowest BCUT2D eigenvalue weighted by atomic mass is 9.82.